The van der Waals surface area contributed by atoms with Gasteiger partial charge in [-0.2, -0.15) is 0 Å². The van der Waals surface area contributed by atoms with E-state index in [1.807, 2.05) is 46.0 Å². The van der Waals surface area contributed by atoms with Gasteiger partial charge in [0.15, 0.2) is 6.10 Å². The van der Waals surface area contributed by atoms with E-state index in [1.54, 1.807) is 12.1 Å². The number of benzene rings is 1. The molecule has 0 amide bonds. The van der Waals surface area contributed by atoms with Crippen LogP contribution in [0.5, 0.6) is 0 Å². The van der Waals surface area contributed by atoms with E-state index in [-0.39, 0.29) is 42.2 Å². The number of nitrogens with one attached hydrogen (secondary N) is 1. The summed E-state index contributed by atoms with van der Waals surface area (Å²) in [5, 5.41) is 21.8. The van der Waals surface area contributed by atoms with Crippen LogP contribution in [0, 0.1) is 5.82 Å². The molecule has 4 rings (SSSR count). The van der Waals surface area contributed by atoms with E-state index in [9.17, 15) is 28.7 Å². The Hall–Kier alpha value is -4.42. The van der Waals surface area contributed by atoms with Crippen molar-refractivity contribution < 1.29 is 43.3 Å². The summed E-state index contributed by atoms with van der Waals surface area (Å²) in [5.41, 5.74) is 3.01. The molecule has 0 bridgehead atoms. The predicted molar refractivity (Wildman–Crippen MR) is 146 cm³/mol. The van der Waals surface area contributed by atoms with E-state index >= 15 is 0 Å². The highest BCUT2D eigenvalue weighted by Gasteiger charge is 2.31. The zero-order valence-corrected chi connectivity index (χ0v) is 23.1. The minimum Gasteiger partial charge on any atom is -0.478 e. The maximum atomic E-state index is 13.5. The molecule has 3 heterocycles. The van der Waals surface area contributed by atoms with Crippen molar-refractivity contribution in [3.8, 4) is 0 Å². The molecule has 0 spiro atoms. The summed E-state index contributed by atoms with van der Waals surface area (Å²) in [7, 11) is 5.59. The monoisotopic (exact) mass is 559 g/mol. The van der Waals surface area contributed by atoms with Gasteiger partial charge in [0.25, 0.3) is 6.47 Å². The summed E-state index contributed by atoms with van der Waals surface area (Å²) in [6.07, 6.45) is 0.631. The fraction of sp³-hybridized carbons (Fsp3) is 0.321. The van der Waals surface area contributed by atoms with Gasteiger partial charge in [-0.25, -0.2) is 19.0 Å². The van der Waals surface area contributed by atoms with Gasteiger partial charge in [0.05, 0.1) is 22.5 Å². The third kappa shape index (κ3) is 8.82. The lowest BCUT2D eigenvalue weighted by atomic mass is 9.99. The minimum absolute atomic E-state index is 0.137. The fourth-order valence-electron chi connectivity index (χ4n) is 3.46. The zero-order valence-electron chi connectivity index (χ0n) is 23.1. The molecule has 0 saturated heterocycles. The molecule has 0 saturated carbocycles. The molecule has 216 valence electrons. The number of carbonyl (C=O) groups is 4. The quantitative estimate of drug-likeness (QED) is 0.271. The Morgan fingerprint density at radius 2 is 1.95 bits per heavy atom. The maximum absolute atomic E-state index is 13.5. The van der Waals surface area contributed by atoms with Crippen molar-refractivity contribution in [1.29, 1.82) is 0 Å². The lowest BCUT2D eigenvalue weighted by Crippen LogP contribution is -2.32. The van der Waals surface area contributed by atoms with Crippen LogP contribution < -0.4 is 5.32 Å². The standard InChI is InChI=1S/C19H15FN2O4.C5H6O4.C2H7N.C2H6/c1-22-7-11-4-10-2-3-13(20)5-15(10)21-17(11)16(22)6-14-12(8-23)9-26-19(25)18(14)24;1-4(5(7)8)2-9-3-6;1-3-2;1-2/h2-6,8,18,24H,7,9H2,1H3;3H,1-2H2,(H,7,8);3H,1-2H3;1-2H3/b16-6-;;;. The number of hydrogen-bond donors (Lipinski definition) is 3. The normalized spacial score (nSPS) is 16.3. The van der Waals surface area contributed by atoms with Crippen molar-refractivity contribution in [2.45, 2.75) is 26.5 Å². The molecule has 1 aromatic carbocycles. The van der Waals surface area contributed by atoms with Gasteiger partial charge in [0, 0.05) is 36.2 Å². The molecule has 1 aromatic heterocycles. The molecule has 40 heavy (non-hydrogen) atoms. The van der Waals surface area contributed by atoms with Gasteiger partial charge in [0.2, 0.25) is 0 Å². The lowest BCUT2D eigenvalue weighted by Gasteiger charge is -2.21. The second kappa shape index (κ2) is 16.5. The van der Waals surface area contributed by atoms with Crippen LogP contribution in [0.2, 0.25) is 0 Å². The van der Waals surface area contributed by atoms with Crippen molar-refractivity contribution in [2.75, 3.05) is 34.4 Å². The van der Waals surface area contributed by atoms with Crippen molar-refractivity contribution >= 4 is 41.3 Å². The summed E-state index contributed by atoms with van der Waals surface area (Å²) in [6.45, 7) is 7.43. The second-order valence-electron chi connectivity index (χ2n) is 8.14. The third-order valence-electron chi connectivity index (χ3n) is 5.24. The molecular weight excluding hydrogens is 525 g/mol. The molecule has 0 radical (unpaired) electrons. The number of esters is 1. The minimum atomic E-state index is -1.52. The molecule has 0 fully saturated rings. The Morgan fingerprint density at radius 1 is 1.30 bits per heavy atom. The van der Waals surface area contributed by atoms with Crippen LogP contribution in [0.15, 0.2) is 53.6 Å². The van der Waals surface area contributed by atoms with Gasteiger partial charge in [-0.15, -0.1) is 0 Å². The highest BCUT2D eigenvalue weighted by Crippen LogP contribution is 2.34. The third-order valence-corrected chi connectivity index (χ3v) is 5.24. The highest BCUT2D eigenvalue weighted by molar-refractivity contribution is 5.90. The van der Waals surface area contributed by atoms with E-state index in [0.717, 1.165) is 10.9 Å². The number of rotatable bonds is 6. The Labute approximate surface area is 231 Å². The van der Waals surface area contributed by atoms with Crippen LogP contribution in [0.25, 0.3) is 16.6 Å². The molecule has 2 aliphatic heterocycles. The molecule has 2 aromatic rings. The van der Waals surface area contributed by atoms with Gasteiger partial charge in [0.1, 0.15) is 25.3 Å². The first-order valence-electron chi connectivity index (χ1n) is 12.2. The number of aliphatic hydroxyl groups excluding tert-OH is 1. The number of ether oxygens (including phenoxy) is 2. The van der Waals surface area contributed by atoms with Crippen LogP contribution >= 0.6 is 0 Å². The number of carboxylic acid groups (broad SMARTS) is 1. The number of carbonyl (C=O) groups excluding carboxylic acids is 3. The van der Waals surface area contributed by atoms with Crippen LogP contribution in [-0.2, 0) is 35.2 Å². The van der Waals surface area contributed by atoms with E-state index in [2.05, 4.69) is 21.6 Å². The fourth-order valence-corrected chi connectivity index (χ4v) is 3.46. The first-order valence-corrected chi connectivity index (χ1v) is 12.2. The van der Waals surface area contributed by atoms with Crippen molar-refractivity contribution in [3.05, 3.63) is 70.7 Å². The lowest BCUT2D eigenvalue weighted by molar-refractivity contribution is -0.152. The van der Waals surface area contributed by atoms with Gasteiger partial charge in [-0.05, 0) is 43.9 Å². The summed E-state index contributed by atoms with van der Waals surface area (Å²) < 4.78 is 22.4. The Morgan fingerprint density at radius 3 is 2.52 bits per heavy atom. The van der Waals surface area contributed by atoms with Gasteiger partial charge in [-0.3, -0.25) is 9.59 Å². The summed E-state index contributed by atoms with van der Waals surface area (Å²) in [5.74, 6) is -2.33. The van der Waals surface area contributed by atoms with E-state index < -0.39 is 18.0 Å². The highest BCUT2D eigenvalue weighted by atomic mass is 19.1. The van der Waals surface area contributed by atoms with Crippen molar-refractivity contribution in [3.63, 3.8) is 0 Å². The number of aldehydes is 1. The van der Waals surface area contributed by atoms with Crippen LogP contribution in [0.4, 0.5) is 4.39 Å². The predicted octanol–water partition coefficient (Wildman–Crippen LogP) is 2.24. The molecule has 1 atom stereocenters. The molecule has 11 nitrogen and oxygen atoms in total. The number of cyclic esters (lactones) is 1. The summed E-state index contributed by atoms with van der Waals surface area (Å²) in [4.78, 5) is 48.8. The second-order valence-corrected chi connectivity index (χ2v) is 8.14. The zero-order chi connectivity index (χ0) is 30.4. The number of hydrogen-bond acceptors (Lipinski definition) is 10. The van der Waals surface area contributed by atoms with E-state index in [4.69, 9.17) is 9.84 Å². The number of nitrogens with zero attached hydrogens (tertiary/aromatic N) is 2. The van der Waals surface area contributed by atoms with Gasteiger partial charge in [-0.1, -0.05) is 20.4 Å². The number of pyridine rings is 1. The Kier molecular flexibility index (Phi) is 13.9. The number of carboxylic acids is 1. The largest absolute Gasteiger partial charge is 0.478 e. The Bertz CT molecular complexity index is 1310. The van der Waals surface area contributed by atoms with E-state index in [0.29, 0.717) is 29.7 Å². The summed E-state index contributed by atoms with van der Waals surface area (Å²) in [6, 6.07) is 6.36. The summed E-state index contributed by atoms with van der Waals surface area (Å²) >= 11 is 0. The number of aliphatic carboxylic acids is 1. The topological polar surface area (TPSA) is 155 Å². The number of fused-ring (bicyclic) bond motifs is 2. The Balaban J connectivity index is 0.000000482. The number of halogens is 1. The molecule has 12 heteroatoms. The van der Waals surface area contributed by atoms with Crippen LogP contribution in [-0.4, -0.2) is 85.3 Å². The molecular formula is C28H34FN3O8. The van der Waals surface area contributed by atoms with Crippen molar-refractivity contribution in [2.24, 2.45) is 0 Å². The SMILES string of the molecule is C=C(COC=O)C(=O)O.CC.CN1Cc2cc3ccc(F)cc3nc2/C1=C/C1=C(C=O)COC(=O)C1O.CNC. The van der Waals surface area contributed by atoms with E-state index in [1.165, 1.54) is 12.1 Å². The molecule has 3 N–H and O–H groups in total. The first kappa shape index (κ1) is 33.6. The molecule has 0 aliphatic carbocycles. The average Bonchev–Trinajstić information content (AvgIpc) is 3.24. The first-order chi connectivity index (χ1) is 19.1. The van der Waals surface area contributed by atoms with Crippen LogP contribution in [0.1, 0.15) is 25.1 Å². The average molecular weight is 560 g/mol. The maximum Gasteiger partial charge on any atom is 0.340 e. The molecule has 2 aliphatic rings. The van der Waals surface area contributed by atoms with Crippen molar-refractivity contribution in [1.82, 2.24) is 15.2 Å². The van der Waals surface area contributed by atoms with Gasteiger partial charge >= 0.3 is 11.9 Å². The number of aliphatic hydroxyl groups is 1. The smallest absolute Gasteiger partial charge is 0.340 e. The number of aromatic nitrogens is 1. The van der Waals surface area contributed by atoms with Gasteiger partial charge < -0.3 is 29.9 Å². The van der Waals surface area contributed by atoms with Crippen LogP contribution in [0.3, 0.4) is 0 Å². The molecule has 1 unspecified atom stereocenters.